The summed E-state index contributed by atoms with van der Waals surface area (Å²) in [5.41, 5.74) is 0.290. The van der Waals surface area contributed by atoms with Crippen LogP contribution in [0.1, 0.15) is 19.6 Å². The fourth-order valence-electron chi connectivity index (χ4n) is 0.932. The summed E-state index contributed by atoms with van der Waals surface area (Å²) in [7, 11) is 0. The van der Waals surface area contributed by atoms with Crippen LogP contribution in [0.2, 0.25) is 0 Å². The van der Waals surface area contributed by atoms with E-state index in [1.165, 1.54) is 0 Å². The first-order chi connectivity index (χ1) is 5.14. The van der Waals surface area contributed by atoms with E-state index in [9.17, 15) is 0 Å². The van der Waals surface area contributed by atoms with Gasteiger partial charge >= 0.3 is 0 Å². The van der Waals surface area contributed by atoms with E-state index < -0.39 is 0 Å². The summed E-state index contributed by atoms with van der Waals surface area (Å²) in [6.07, 6.45) is 2.71. The van der Waals surface area contributed by atoms with Crippen LogP contribution >= 0.6 is 15.9 Å². The van der Waals surface area contributed by atoms with E-state index in [-0.39, 0.29) is 5.41 Å². The lowest BCUT2D eigenvalue weighted by atomic mass is 9.91. The number of furan rings is 1. The van der Waals surface area contributed by atoms with E-state index in [0.717, 1.165) is 17.5 Å². The molecule has 0 fully saturated rings. The van der Waals surface area contributed by atoms with Gasteiger partial charge < -0.3 is 4.42 Å². The molecule has 0 aromatic carbocycles. The molecule has 0 aliphatic rings. The summed E-state index contributed by atoms with van der Waals surface area (Å²) in [5, 5.41) is 1.00. The van der Waals surface area contributed by atoms with Gasteiger partial charge in [0.1, 0.15) is 5.76 Å². The zero-order valence-corrected chi connectivity index (χ0v) is 8.52. The molecule has 0 atom stereocenters. The predicted octanol–water partition coefficient (Wildman–Crippen LogP) is 3.24. The molecule has 1 rings (SSSR count). The Morgan fingerprint density at radius 2 is 2.27 bits per heavy atom. The summed E-state index contributed by atoms with van der Waals surface area (Å²) >= 11 is 3.47. The van der Waals surface area contributed by atoms with Crippen LogP contribution in [-0.2, 0) is 6.42 Å². The number of rotatable bonds is 3. The second kappa shape index (κ2) is 3.44. The van der Waals surface area contributed by atoms with Crippen LogP contribution in [0.15, 0.2) is 22.8 Å². The molecule has 0 aliphatic heterocycles. The second-order valence-electron chi connectivity index (χ2n) is 3.55. The molecule has 0 spiro atoms. The maximum absolute atomic E-state index is 5.25. The highest BCUT2D eigenvalue weighted by Crippen LogP contribution is 2.23. The molecule has 0 saturated carbocycles. The van der Waals surface area contributed by atoms with E-state index >= 15 is 0 Å². The van der Waals surface area contributed by atoms with Gasteiger partial charge in [-0.25, -0.2) is 0 Å². The largest absolute Gasteiger partial charge is 0.469 e. The topological polar surface area (TPSA) is 13.1 Å². The minimum absolute atomic E-state index is 0.290. The molecule has 1 aromatic rings. The fraction of sp³-hybridized carbons (Fsp3) is 0.556. The predicted molar refractivity (Wildman–Crippen MR) is 50.0 cm³/mol. The third-order valence-corrected chi connectivity index (χ3v) is 3.11. The Kier molecular flexibility index (Phi) is 2.77. The zero-order valence-electron chi connectivity index (χ0n) is 6.93. The fourth-order valence-corrected chi connectivity index (χ4v) is 1.13. The van der Waals surface area contributed by atoms with E-state index in [1.54, 1.807) is 6.26 Å². The number of hydrogen-bond acceptors (Lipinski definition) is 1. The lowest BCUT2D eigenvalue weighted by Gasteiger charge is -2.19. The van der Waals surface area contributed by atoms with Crippen molar-refractivity contribution in [3.63, 3.8) is 0 Å². The van der Waals surface area contributed by atoms with Crippen LogP contribution in [0.25, 0.3) is 0 Å². The lowest BCUT2D eigenvalue weighted by Crippen LogP contribution is -2.15. The van der Waals surface area contributed by atoms with E-state index in [1.807, 2.05) is 12.1 Å². The summed E-state index contributed by atoms with van der Waals surface area (Å²) in [6.45, 7) is 4.43. The van der Waals surface area contributed by atoms with Gasteiger partial charge in [0.05, 0.1) is 6.26 Å². The molecule has 11 heavy (non-hydrogen) atoms. The highest BCUT2D eigenvalue weighted by Gasteiger charge is 2.17. The molecule has 1 heterocycles. The molecule has 0 N–H and O–H groups in total. The number of hydrogen-bond donors (Lipinski definition) is 0. The van der Waals surface area contributed by atoms with Crippen molar-refractivity contribution in [1.29, 1.82) is 0 Å². The zero-order chi connectivity index (χ0) is 8.32. The average molecular weight is 217 g/mol. The molecule has 0 amide bonds. The van der Waals surface area contributed by atoms with Gasteiger partial charge in [-0.1, -0.05) is 29.8 Å². The van der Waals surface area contributed by atoms with Crippen molar-refractivity contribution in [2.75, 3.05) is 5.33 Å². The van der Waals surface area contributed by atoms with Crippen molar-refractivity contribution in [3.05, 3.63) is 24.2 Å². The Balaban J connectivity index is 2.56. The van der Waals surface area contributed by atoms with Crippen molar-refractivity contribution >= 4 is 15.9 Å². The Hall–Kier alpha value is -0.240. The highest BCUT2D eigenvalue weighted by atomic mass is 79.9. The Morgan fingerprint density at radius 3 is 2.73 bits per heavy atom. The minimum atomic E-state index is 0.290. The van der Waals surface area contributed by atoms with E-state index in [2.05, 4.69) is 29.8 Å². The van der Waals surface area contributed by atoms with E-state index in [4.69, 9.17) is 4.42 Å². The van der Waals surface area contributed by atoms with Crippen molar-refractivity contribution in [1.82, 2.24) is 0 Å². The summed E-state index contributed by atoms with van der Waals surface area (Å²) < 4.78 is 5.25. The van der Waals surface area contributed by atoms with Gasteiger partial charge in [-0.05, 0) is 17.5 Å². The van der Waals surface area contributed by atoms with Crippen molar-refractivity contribution in [3.8, 4) is 0 Å². The monoisotopic (exact) mass is 216 g/mol. The Bertz CT molecular complexity index is 201. The van der Waals surface area contributed by atoms with Crippen molar-refractivity contribution in [2.24, 2.45) is 5.41 Å². The molecule has 2 heteroatoms. The van der Waals surface area contributed by atoms with Crippen LogP contribution in [0.3, 0.4) is 0 Å². The third-order valence-electron chi connectivity index (χ3n) is 1.59. The molecule has 0 aliphatic carbocycles. The van der Waals surface area contributed by atoms with Gasteiger partial charge in [-0.15, -0.1) is 0 Å². The van der Waals surface area contributed by atoms with Crippen molar-refractivity contribution < 1.29 is 4.42 Å². The number of halogens is 1. The molecule has 0 unspecified atom stereocenters. The van der Waals surface area contributed by atoms with E-state index in [0.29, 0.717) is 0 Å². The standard InChI is InChI=1S/C9H13BrO/c1-9(2,7-10)6-8-4-3-5-11-8/h3-5H,6-7H2,1-2H3. The SMILES string of the molecule is CC(C)(CBr)Cc1ccco1. The van der Waals surface area contributed by atoms with Crippen LogP contribution in [0.5, 0.6) is 0 Å². The smallest absolute Gasteiger partial charge is 0.104 e. The molecule has 62 valence electrons. The normalized spacial score (nSPS) is 11.9. The van der Waals surface area contributed by atoms with Crippen LogP contribution < -0.4 is 0 Å². The number of alkyl halides is 1. The molecular weight excluding hydrogens is 204 g/mol. The maximum Gasteiger partial charge on any atom is 0.104 e. The van der Waals surface area contributed by atoms with Crippen LogP contribution in [0, 0.1) is 5.41 Å². The molecular formula is C9H13BrO. The molecule has 0 saturated heterocycles. The second-order valence-corrected chi connectivity index (χ2v) is 4.11. The van der Waals surface area contributed by atoms with Gasteiger partial charge in [0.2, 0.25) is 0 Å². The van der Waals surface area contributed by atoms with Gasteiger partial charge in [0.15, 0.2) is 0 Å². The average Bonchev–Trinajstić information content (AvgIpc) is 2.39. The third kappa shape index (κ3) is 2.70. The Labute approximate surface area is 75.9 Å². The first kappa shape index (κ1) is 8.85. The summed E-state index contributed by atoms with van der Waals surface area (Å²) in [4.78, 5) is 0. The van der Waals surface area contributed by atoms with Gasteiger partial charge in [0.25, 0.3) is 0 Å². The highest BCUT2D eigenvalue weighted by molar-refractivity contribution is 9.09. The summed E-state index contributed by atoms with van der Waals surface area (Å²) in [6, 6.07) is 3.95. The van der Waals surface area contributed by atoms with Gasteiger partial charge in [0, 0.05) is 11.8 Å². The maximum atomic E-state index is 5.25. The first-order valence-electron chi connectivity index (χ1n) is 3.72. The van der Waals surface area contributed by atoms with Crippen LogP contribution in [-0.4, -0.2) is 5.33 Å². The quantitative estimate of drug-likeness (QED) is 0.708. The molecule has 0 bridgehead atoms. The molecule has 1 aromatic heterocycles. The van der Waals surface area contributed by atoms with Gasteiger partial charge in [-0.3, -0.25) is 0 Å². The Morgan fingerprint density at radius 1 is 1.55 bits per heavy atom. The summed E-state index contributed by atoms with van der Waals surface area (Å²) in [5.74, 6) is 1.06. The van der Waals surface area contributed by atoms with Gasteiger partial charge in [-0.2, -0.15) is 0 Å². The van der Waals surface area contributed by atoms with Crippen LogP contribution in [0.4, 0.5) is 0 Å². The van der Waals surface area contributed by atoms with Crippen molar-refractivity contribution in [2.45, 2.75) is 20.3 Å². The first-order valence-corrected chi connectivity index (χ1v) is 4.84. The molecule has 0 radical (unpaired) electrons. The molecule has 1 nitrogen and oxygen atoms in total. The lowest BCUT2D eigenvalue weighted by molar-refractivity contribution is 0.372. The minimum Gasteiger partial charge on any atom is -0.469 e.